The number of amides is 2. The van der Waals surface area contributed by atoms with Crippen molar-refractivity contribution < 1.29 is 4.79 Å². The third-order valence-corrected chi connectivity index (χ3v) is 4.15. The molecule has 1 heterocycles. The zero-order valence-electron chi connectivity index (χ0n) is 11.7. The SMILES string of the molecule is CC(C)N(CC1CCCCN1)C(=O)NC1CCC1. The maximum Gasteiger partial charge on any atom is 0.317 e. The largest absolute Gasteiger partial charge is 0.335 e. The van der Waals surface area contributed by atoms with Crippen molar-refractivity contribution in [3.63, 3.8) is 0 Å². The third-order valence-electron chi connectivity index (χ3n) is 4.15. The summed E-state index contributed by atoms with van der Waals surface area (Å²) < 4.78 is 0. The van der Waals surface area contributed by atoms with Crippen molar-refractivity contribution in [3.8, 4) is 0 Å². The number of nitrogens with zero attached hydrogens (tertiary/aromatic N) is 1. The topological polar surface area (TPSA) is 44.4 Å². The van der Waals surface area contributed by atoms with E-state index in [0.29, 0.717) is 12.1 Å². The van der Waals surface area contributed by atoms with E-state index in [1.807, 2.05) is 4.90 Å². The van der Waals surface area contributed by atoms with E-state index in [-0.39, 0.29) is 12.1 Å². The highest BCUT2D eigenvalue weighted by molar-refractivity contribution is 5.75. The summed E-state index contributed by atoms with van der Waals surface area (Å²) in [6.45, 7) is 6.14. The smallest absolute Gasteiger partial charge is 0.317 e. The summed E-state index contributed by atoms with van der Waals surface area (Å²) in [7, 11) is 0. The van der Waals surface area contributed by atoms with Crippen molar-refractivity contribution in [2.75, 3.05) is 13.1 Å². The molecular formula is C14H27N3O. The summed E-state index contributed by atoms with van der Waals surface area (Å²) in [5.74, 6) is 0. The van der Waals surface area contributed by atoms with Crippen LogP contribution in [0.3, 0.4) is 0 Å². The normalized spacial score (nSPS) is 24.7. The summed E-state index contributed by atoms with van der Waals surface area (Å²) >= 11 is 0. The van der Waals surface area contributed by atoms with Crippen molar-refractivity contribution in [1.82, 2.24) is 15.5 Å². The van der Waals surface area contributed by atoms with Gasteiger partial charge in [-0.1, -0.05) is 6.42 Å². The minimum Gasteiger partial charge on any atom is -0.335 e. The molecule has 0 aromatic heterocycles. The van der Waals surface area contributed by atoms with E-state index in [9.17, 15) is 4.79 Å². The summed E-state index contributed by atoms with van der Waals surface area (Å²) in [4.78, 5) is 14.2. The van der Waals surface area contributed by atoms with Crippen LogP contribution in [0.15, 0.2) is 0 Å². The van der Waals surface area contributed by atoms with Gasteiger partial charge in [-0.25, -0.2) is 4.79 Å². The van der Waals surface area contributed by atoms with Gasteiger partial charge >= 0.3 is 6.03 Å². The molecule has 0 aromatic rings. The molecule has 1 aliphatic carbocycles. The molecular weight excluding hydrogens is 226 g/mol. The van der Waals surface area contributed by atoms with Crippen LogP contribution in [-0.2, 0) is 0 Å². The molecule has 0 radical (unpaired) electrons. The lowest BCUT2D eigenvalue weighted by atomic mass is 9.93. The van der Waals surface area contributed by atoms with Crippen LogP contribution in [0.5, 0.6) is 0 Å². The lowest BCUT2D eigenvalue weighted by molar-refractivity contribution is 0.161. The van der Waals surface area contributed by atoms with Gasteiger partial charge in [0.1, 0.15) is 0 Å². The molecule has 0 bridgehead atoms. The van der Waals surface area contributed by atoms with Crippen molar-refractivity contribution >= 4 is 6.03 Å². The van der Waals surface area contributed by atoms with Crippen LogP contribution < -0.4 is 10.6 Å². The monoisotopic (exact) mass is 253 g/mol. The molecule has 0 spiro atoms. The molecule has 2 aliphatic rings. The molecule has 104 valence electrons. The van der Waals surface area contributed by atoms with Gasteiger partial charge in [-0.05, 0) is 52.5 Å². The number of carbonyl (C=O) groups excluding carboxylic acids is 1. The maximum atomic E-state index is 12.2. The van der Waals surface area contributed by atoms with Gasteiger partial charge in [-0.3, -0.25) is 0 Å². The lowest BCUT2D eigenvalue weighted by Crippen LogP contribution is -2.54. The average Bonchev–Trinajstić information content (AvgIpc) is 2.31. The van der Waals surface area contributed by atoms with Crippen molar-refractivity contribution in [1.29, 1.82) is 0 Å². The Hall–Kier alpha value is -0.770. The Labute approximate surface area is 110 Å². The van der Waals surface area contributed by atoms with E-state index < -0.39 is 0 Å². The van der Waals surface area contributed by atoms with Gasteiger partial charge < -0.3 is 15.5 Å². The van der Waals surface area contributed by atoms with Crippen molar-refractivity contribution in [2.24, 2.45) is 0 Å². The first kappa shape index (κ1) is 13.7. The first-order valence-corrected chi connectivity index (χ1v) is 7.47. The Morgan fingerprint density at radius 2 is 2.06 bits per heavy atom. The van der Waals surface area contributed by atoms with Crippen molar-refractivity contribution in [3.05, 3.63) is 0 Å². The molecule has 0 aromatic carbocycles. The molecule has 4 heteroatoms. The van der Waals surface area contributed by atoms with Crippen LogP contribution in [0, 0.1) is 0 Å². The fourth-order valence-electron chi connectivity index (χ4n) is 2.66. The van der Waals surface area contributed by atoms with Gasteiger partial charge in [0.05, 0.1) is 0 Å². The first-order chi connectivity index (χ1) is 8.66. The van der Waals surface area contributed by atoms with Gasteiger partial charge in [0, 0.05) is 24.7 Å². The van der Waals surface area contributed by atoms with E-state index >= 15 is 0 Å². The standard InChI is InChI=1S/C14H27N3O/c1-11(2)17(10-13-6-3-4-9-15-13)14(18)16-12-7-5-8-12/h11-13,15H,3-10H2,1-2H3,(H,16,18). The molecule has 2 amide bonds. The van der Waals surface area contributed by atoms with Crippen LogP contribution in [0.1, 0.15) is 52.4 Å². The second kappa shape index (κ2) is 6.41. The predicted molar refractivity (Wildman–Crippen MR) is 73.7 cm³/mol. The second-order valence-electron chi connectivity index (χ2n) is 5.97. The summed E-state index contributed by atoms with van der Waals surface area (Å²) in [5.41, 5.74) is 0. The van der Waals surface area contributed by atoms with Crippen LogP contribution in [0.25, 0.3) is 0 Å². The van der Waals surface area contributed by atoms with Crippen LogP contribution in [0.4, 0.5) is 4.79 Å². The molecule has 18 heavy (non-hydrogen) atoms. The molecule has 1 atom stereocenters. The van der Waals surface area contributed by atoms with E-state index in [4.69, 9.17) is 0 Å². The lowest BCUT2D eigenvalue weighted by Gasteiger charge is -2.36. The predicted octanol–water partition coefficient (Wildman–Crippen LogP) is 2.10. The van der Waals surface area contributed by atoms with Gasteiger partial charge in [-0.15, -0.1) is 0 Å². The minimum atomic E-state index is 0.127. The van der Waals surface area contributed by atoms with Crippen LogP contribution >= 0.6 is 0 Å². The van der Waals surface area contributed by atoms with E-state index in [1.165, 1.54) is 25.7 Å². The second-order valence-corrected chi connectivity index (χ2v) is 5.97. The Kier molecular flexibility index (Phi) is 4.87. The summed E-state index contributed by atoms with van der Waals surface area (Å²) in [5, 5.41) is 6.67. The maximum absolute atomic E-state index is 12.2. The zero-order chi connectivity index (χ0) is 13.0. The molecule has 2 N–H and O–H groups in total. The quantitative estimate of drug-likeness (QED) is 0.806. The Bertz CT molecular complexity index is 270. The average molecular weight is 253 g/mol. The molecule has 1 saturated heterocycles. The molecule has 2 rings (SSSR count). The van der Waals surface area contributed by atoms with Gasteiger partial charge in [0.15, 0.2) is 0 Å². The Morgan fingerprint density at radius 1 is 1.28 bits per heavy atom. The number of piperidine rings is 1. The highest BCUT2D eigenvalue weighted by atomic mass is 16.2. The molecule has 2 fully saturated rings. The summed E-state index contributed by atoms with van der Waals surface area (Å²) in [6, 6.07) is 1.31. The zero-order valence-corrected chi connectivity index (χ0v) is 11.7. The van der Waals surface area contributed by atoms with Gasteiger partial charge in [0.2, 0.25) is 0 Å². The molecule has 1 saturated carbocycles. The van der Waals surface area contributed by atoms with E-state index in [1.54, 1.807) is 0 Å². The highest BCUT2D eigenvalue weighted by Gasteiger charge is 2.26. The number of hydrogen-bond acceptors (Lipinski definition) is 2. The van der Waals surface area contributed by atoms with Crippen molar-refractivity contribution in [2.45, 2.75) is 70.5 Å². The third kappa shape index (κ3) is 3.61. The molecule has 1 unspecified atom stereocenters. The van der Waals surface area contributed by atoms with Crippen LogP contribution in [-0.4, -0.2) is 42.1 Å². The number of hydrogen-bond donors (Lipinski definition) is 2. The fraction of sp³-hybridized carbons (Fsp3) is 0.929. The van der Waals surface area contributed by atoms with Gasteiger partial charge in [0.25, 0.3) is 0 Å². The number of urea groups is 1. The Balaban J connectivity index is 1.83. The molecule has 1 aliphatic heterocycles. The minimum absolute atomic E-state index is 0.127. The van der Waals surface area contributed by atoms with E-state index in [0.717, 1.165) is 25.9 Å². The van der Waals surface area contributed by atoms with E-state index in [2.05, 4.69) is 24.5 Å². The Morgan fingerprint density at radius 3 is 2.56 bits per heavy atom. The van der Waals surface area contributed by atoms with Crippen LogP contribution in [0.2, 0.25) is 0 Å². The molecule has 4 nitrogen and oxygen atoms in total. The number of carbonyl (C=O) groups is 1. The fourth-order valence-corrected chi connectivity index (χ4v) is 2.66. The van der Waals surface area contributed by atoms with Gasteiger partial charge in [-0.2, -0.15) is 0 Å². The number of rotatable bonds is 4. The first-order valence-electron chi connectivity index (χ1n) is 7.47. The summed E-state index contributed by atoms with van der Waals surface area (Å²) in [6.07, 6.45) is 7.32. The highest BCUT2D eigenvalue weighted by Crippen LogP contribution is 2.19. The number of nitrogens with one attached hydrogen (secondary N) is 2.